The van der Waals surface area contributed by atoms with Crippen molar-refractivity contribution in [2.75, 3.05) is 0 Å². The van der Waals surface area contributed by atoms with Crippen LogP contribution < -0.4 is 5.46 Å². The van der Waals surface area contributed by atoms with Gasteiger partial charge in [-0.25, -0.2) is 4.39 Å². The van der Waals surface area contributed by atoms with Crippen LogP contribution in [0.4, 0.5) is 4.39 Å². The van der Waals surface area contributed by atoms with Crippen molar-refractivity contribution >= 4 is 23.5 Å². The van der Waals surface area contributed by atoms with E-state index in [0.717, 1.165) is 5.46 Å². The number of benzene rings is 1. The summed E-state index contributed by atoms with van der Waals surface area (Å²) >= 11 is 0. The lowest BCUT2D eigenvalue weighted by Gasteiger charge is -2.32. The summed E-state index contributed by atoms with van der Waals surface area (Å²) in [6.45, 7) is 7.97. The van der Waals surface area contributed by atoms with Crippen LogP contribution in [0, 0.1) is 5.82 Å². The van der Waals surface area contributed by atoms with E-state index in [2.05, 4.69) is 4.98 Å². The Bertz CT molecular complexity index is 656. The number of pyridine rings is 1. The molecule has 0 radical (unpaired) electrons. The molecular weight excluding hydrogens is 256 g/mol. The van der Waals surface area contributed by atoms with Gasteiger partial charge in [0.05, 0.1) is 16.7 Å². The number of nitrogens with zero attached hydrogens (tertiary/aromatic N) is 1. The van der Waals surface area contributed by atoms with Gasteiger partial charge in [0.2, 0.25) is 0 Å². The van der Waals surface area contributed by atoms with E-state index >= 15 is 0 Å². The second-order valence-electron chi connectivity index (χ2n) is 6.12. The molecule has 1 aromatic heterocycles. The average molecular weight is 273 g/mol. The fourth-order valence-corrected chi connectivity index (χ4v) is 2.32. The number of rotatable bonds is 1. The Kier molecular flexibility index (Phi) is 2.89. The predicted molar refractivity (Wildman–Crippen MR) is 77.4 cm³/mol. The molecule has 2 heterocycles. The lowest BCUT2D eigenvalue weighted by atomic mass is 9.77. The van der Waals surface area contributed by atoms with E-state index in [1.54, 1.807) is 24.4 Å². The van der Waals surface area contributed by atoms with Crippen LogP contribution in [0.2, 0.25) is 0 Å². The molecule has 3 nitrogen and oxygen atoms in total. The van der Waals surface area contributed by atoms with Gasteiger partial charge >= 0.3 is 7.12 Å². The van der Waals surface area contributed by atoms with Gasteiger partial charge in [-0.1, -0.05) is 6.07 Å². The summed E-state index contributed by atoms with van der Waals surface area (Å²) in [4.78, 5) is 4.28. The number of fused-ring (bicyclic) bond motifs is 1. The Morgan fingerprint density at radius 1 is 1.05 bits per heavy atom. The van der Waals surface area contributed by atoms with Crippen LogP contribution >= 0.6 is 0 Å². The van der Waals surface area contributed by atoms with Gasteiger partial charge in [-0.2, -0.15) is 0 Å². The highest BCUT2D eigenvalue weighted by atomic mass is 19.1. The van der Waals surface area contributed by atoms with Crippen molar-refractivity contribution in [2.45, 2.75) is 38.9 Å². The third-order valence-electron chi connectivity index (χ3n) is 4.25. The molecule has 5 heteroatoms. The highest BCUT2D eigenvalue weighted by Crippen LogP contribution is 2.36. The van der Waals surface area contributed by atoms with Gasteiger partial charge in [-0.05, 0) is 45.9 Å². The summed E-state index contributed by atoms with van der Waals surface area (Å²) in [5.74, 6) is -0.284. The lowest BCUT2D eigenvalue weighted by Crippen LogP contribution is -2.41. The van der Waals surface area contributed by atoms with E-state index in [9.17, 15) is 4.39 Å². The molecule has 104 valence electrons. The van der Waals surface area contributed by atoms with Crippen LogP contribution in [0.15, 0.2) is 30.5 Å². The van der Waals surface area contributed by atoms with Crippen molar-refractivity contribution in [2.24, 2.45) is 0 Å². The molecule has 0 amide bonds. The number of hydrogen-bond donors (Lipinski definition) is 0. The zero-order chi connectivity index (χ0) is 14.5. The minimum absolute atomic E-state index is 0.284. The zero-order valence-electron chi connectivity index (χ0n) is 12.1. The molecule has 2 aromatic rings. The monoisotopic (exact) mass is 273 g/mol. The van der Waals surface area contributed by atoms with Crippen molar-refractivity contribution in [1.29, 1.82) is 0 Å². The second kappa shape index (κ2) is 4.27. The minimum atomic E-state index is -0.530. The summed E-state index contributed by atoms with van der Waals surface area (Å²) in [6.07, 6.45) is 1.65. The lowest BCUT2D eigenvalue weighted by molar-refractivity contribution is 0.00578. The fraction of sp³-hybridized carbons (Fsp3) is 0.400. The topological polar surface area (TPSA) is 31.4 Å². The third kappa shape index (κ3) is 1.93. The normalized spacial score (nSPS) is 20.6. The molecule has 1 aliphatic heterocycles. The number of hydrogen-bond acceptors (Lipinski definition) is 3. The average Bonchev–Trinajstić information content (AvgIpc) is 2.59. The van der Waals surface area contributed by atoms with E-state index in [4.69, 9.17) is 9.31 Å². The Morgan fingerprint density at radius 3 is 2.35 bits per heavy atom. The molecule has 0 bridgehead atoms. The Balaban J connectivity index is 2.11. The van der Waals surface area contributed by atoms with Crippen molar-refractivity contribution in [1.82, 2.24) is 4.98 Å². The summed E-state index contributed by atoms with van der Waals surface area (Å²) in [6, 6.07) is 6.56. The summed E-state index contributed by atoms with van der Waals surface area (Å²) in [7, 11) is -0.530. The predicted octanol–water partition coefficient (Wildman–Crippen LogP) is 2.67. The van der Waals surface area contributed by atoms with Crippen LogP contribution in [0.1, 0.15) is 27.7 Å². The van der Waals surface area contributed by atoms with E-state index in [1.165, 1.54) is 6.07 Å². The SMILES string of the molecule is CC1(C)OB(c2ccc(F)c3cccnc23)OC1(C)C. The summed E-state index contributed by atoms with van der Waals surface area (Å²) in [5.41, 5.74) is 0.506. The van der Waals surface area contributed by atoms with Crippen molar-refractivity contribution < 1.29 is 13.7 Å². The summed E-state index contributed by atoms with van der Waals surface area (Å²) in [5, 5.41) is 0.486. The molecular formula is C15H17BFNO2. The van der Waals surface area contributed by atoms with Crippen molar-refractivity contribution in [3.05, 3.63) is 36.3 Å². The quantitative estimate of drug-likeness (QED) is 0.748. The molecule has 1 fully saturated rings. The maximum Gasteiger partial charge on any atom is 0.497 e. The molecule has 0 spiro atoms. The maximum atomic E-state index is 13.8. The maximum absolute atomic E-state index is 13.8. The first kappa shape index (κ1) is 13.5. The standard InChI is InChI=1S/C15H17BFNO2/c1-14(2)15(3,4)20-16(19-14)11-7-8-12(17)10-6-5-9-18-13(10)11/h5-9H,1-4H3. The van der Waals surface area contributed by atoms with Gasteiger partial charge in [0.25, 0.3) is 0 Å². The van der Waals surface area contributed by atoms with Crippen LogP contribution in [0.3, 0.4) is 0 Å². The Morgan fingerprint density at radius 2 is 1.70 bits per heavy atom. The molecule has 20 heavy (non-hydrogen) atoms. The van der Waals surface area contributed by atoms with E-state index in [1.807, 2.05) is 27.7 Å². The van der Waals surface area contributed by atoms with E-state index < -0.39 is 18.3 Å². The number of halogens is 1. The van der Waals surface area contributed by atoms with Crippen molar-refractivity contribution in [3.63, 3.8) is 0 Å². The minimum Gasteiger partial charge on any atom is -0.399 e. The van der Waals surface area contributed by atoms with Gasteiger partial charge < -0.3 is 9.31 Å². The molecule has 0 N–H and O–H groups in total. The van der Waals surface area contributed by atoms with Crippen LogP contribution in [-0.4, -0.2) is 23.3 Å². The van der Waals surface area contributed by atoms with Gasteiger partial charge in [0.1, 0.15) is 5.82 Å². The number of aromatic nitrogens is 1. The van der Waals surface area contributed by atoms with Gasteiger partial charge in [0, 0.05) is 17.0 Å². The molecule has 0 saturated carbocycles. The first-order valence-electron chi connectivity index (χ1n) is 6.71. The van der Waals surface area contributed by atoms with E-state index in [0.29, 0.717) is 10.9 Å². The van der Waals surface area contributed by atoms with Gasteiger partial charge in [-0.3, -0.25) is 4.98 Å². The molecule has 1 aromatic carbocycles. The first-order chi connectivity index (χ1) is 9.32. The zero-order valence-corrected chi connectivity index (χ0v) is 12.1. The second-order valence-corrected chi connectivity index (χ2v) is 6.12. The first-order valence-corrected chi connectivity index (χ1v) is 6.71. The summed E-state index contributed by atoms with van der Waals surface area (Å²) < 4.78 is 25.9. The van der Waals surface area contributed by atoms with Crippen LogP contribution in [0.25, 0.3) is 10.9 Å². The van der Waals surface area contributed by atoms with Crippen LogP contribution in [0.5, 0.6) is 0 Å². The van der Waals surface area contributed by atoms with Gasteiger partial charge in [0.15, 0.2) is 0 Å². The molecule has 0 unspecified atom stereocenters. The third-order valence-corrected chi connectivity index (χ3v) is 4.25. The highest BCUT2D eigenvalue weighted by Gasteiger charge is 2.52. The smallest absolute Gasteiger partial charge is 0.399 e. The largest absolute Gasteiger partial charge is 0.497 e. The Hall–Kier alpha value is -1.46. The van der Waals surface area contributed by atoms with Crippen LogP contribution in [-0.2, 0) is 9.31 Å². The molecule has 1 aliphatic rings. The fourth-order valence-electron chi connectivity index (χ4n) is 2.32. The van der Waals surface area contributed by atoms with E-state index in [-0.39, 0.29) is 5.82 Å². The molecule has 1 saturated heterocycles. The van der Waals surface area contributed by atoms with Crippen molar-refractivity contribution in [3.8, 4) is 0 Å². The van der Waals surface area contributed by atoms with Gasteiger partial charge in [-0.15, -0.1) is 0 Å². The molecule has 0 atom stereocenters. The molecule has 3 rings (SSSR count). The molecule has 0 aliphatic carbocycles. The highest BCUT2D eigenvalue weighted by molar-refractivity contribution is 6.64. The Labute approximate surface area is 118 Å².